The van der Waals surface area contributed by atoms with E-state index in [1.165, 1.54) is 18.2 Å². The zero-order valence-corrected chi connectivity index (χ0v) is 15.0. The molecule has 1 unspecified atom stereocenters. The van der Waals surface area contributed by atoms with Gasteiger partial charge in [0, 0.05) is 26.5 Å². The lowest BCUT2D eigenvalue weighted by molar-refractivity contribution is -0.275. The van der Waals surface area contributed by atoms with Crippen molar-refractivity contribution in [3.63, 3.8) is 0 Å². The van der Waals surface area contributed by atoms with Crippen LogP contribution in [-0.4, -0.2) is 11.9 Å². The molecule has 1 aliphatic heterocycles. The molecule has 0 bridgehead atoms. The lowest BCUT2D eigenvalue weighted by Crippen LogP contribution is -2.42. The van der Waals surface area contributed by atoms with Gasteiger partial charge in [-0.3, -0.25) is 0 Å². The van der Waals surface area contributed by atoms with Gasteiger partial charge in [0.15, 0.2) is 0 Å². The van der Waals surface area contributed by atoms with Gasteiger partial charge in [0.05, 0.1) is 5.71 Å². The number of nitrogens with zero attached hydrogens (tertiary/aromatic N) is 1. The third-order valence-electron chi connectivity index (χ3n) is 3.69. The van der Waals surface area contributed by atoms with E-state index in [1.54, 1.807) is 24.3 Å². The van der Waals surface area contributed by atoms with E-state index < -0.39 is 18.2 Å². The van der Waals surface area contributed by atoms with Gasteiger partial charge < -0.3 is 4.84 Å². The van der Waals surface area contributed by atoms with Crippen LogP contribution in [0.1, 0.15) is 17.5 Å². The van der Waals surface area contributed by atoms with Crippen LogP contribution in [0.2, 0.25) is 10.0 Å². The van der Waals surface area contributed by atoms with Crippen LogP contribution in [0.15, 0.2) is 52.1 Å². The maximum absolute atomic E-state index is 13.8. The van der Waals surface area contributed by atoms with Crippen molar-refractivity contribution in [2.45, 2.75) is 18.2 Å². The van der Waals surface area contributed by atoms with Crippen molar-refractivity contribution < 1.29 is 18.0 Å². The zero-order chi connectivity index (χ0) is 17.5. The second-order valence-corrected chi connectivity index (χ2v) is 7.08. The van der Waals surface area contributed by atoms with Crippen molar-refractivity contribution in [3.8, 4) is 0 Å². The molecule has 2 aromatic carbocycles. The second-order valence-electron chi connectivity index (χ2n) is 5.30. The Morgan fingerprint density at radius 1 is 1.04 bits per heavy atom. The molecule has 1 heterocycles. The van der Waals surface area contributed by atoms with E-state index in [9.17, 15) is 13.2 Å². The van der Waals surface area contributed by atoms with Crippen LogP contribution in [0.25, 0.3) is 0 Å². The molecule has 0 saturated heterocycles. The molecule has 0 aromatic heterocycles. The Morgan fingerprint density at radius 3 is 2.17 bits per heavy atom. The largest absolute Gasteiger partial charge is 0.435 e. The Labute approximate surface area is 154 Å². The number of rotatable bonds is 2. The molecule has 24 heavy (non-hydrogen) atoms. The first-order chi connectivity index (χ1) is 11.2. The standard InChI is InChI=1S/C16H9BrCl2F3NO/c17-11-3-1-9(2-4-11)14-8-15(24-23-14,16(20,21)22)10-5-12(18)7-13(19)6-10/h1-7H,8H2. The number of hydrogen-bond acceptors (Lipinski definition) is 2. The summed E-state index contributed by atoms with van der Waals surface area (Å²) in [5, 5.41) is 3.88. The van der Waals surface area contributed by atoms with Gasteiger partial charge in [0.2, 0.25) is 0 Å². The van der Waals surface area contributed by atoms with E-state index in [2.05, 4.69) is 21.1 Å². The Hall–Kier alpha value is -1.24. The van der Waals surface area contributed by atoms with Gasteiger partial charge in [-0.25, -0.2) is 0 Å². The van der Waals surface area contributed by atoms with Crippen molar-refractivity contribution in [2.24, 2.45) is 5.16 Å². The first-order valence-electron chi connectivity index (χ1n) is 6.75. The molecule has 0 fully saturated rings. The fourth-order valence-electron chi connectivity index (χ4n) is 2.49. The maximum Gasteiger partial charge on any atom is 0.435 e. The fourth-order valence-corrected chi connectivity index (χ4v) is 3.28. The molecule has 0 saturated carbocycles. The van der Waals surface area contributed by atoms with Gasteiger partial charge in [-0.1, -0.05) is 56.4 Å². The van der Waals surface area contributed by atoms with Gasteiger partial charge >= 0.3 is 6.18 Å². The van der Waals surface area contributed by atoms with E-state index >= 15 is 0 Å². The number of benzene rings is 2. The molecule has 0 N–H and O–H groups in total. The normalized spacial score (nSPS) is 20.7. The van der Waals surface area contributed by atoms with Crippen LogP contribution in [0.4, 0.5) is 13.2 Å². The van der Waals surface area contributed by atoms with Crippen molar-refractivity contribution in [1.82, 2.24) is 0 Å². The molecule has 0 radical (unpaired) electrons. The van der Waals surface area contributed by atoms with Crippen LogP contribution in [0.5, 0.6) is 0 Å². The number of alkyl halides is 3. The molecule has 8 heteroatoms. The van der Waals surface area contributed by atoms with Gasteiger partial charge in [-0.05, 0) is 35.9 Å². The Kier molecular flexibility index (Phi) is 4.57. The highest BCUT2D eigenvalue weighted by Gasteiger charge is 2.62. The summed E-state index contributed by atoms with van der Waals surface area (Å²) in [4.78, 5) is 4.93. The molecule has 0 amide bonds. The smallest absolute Gasteiger partial charge is 0.374 e. The summed E-state index contributed by atoms with van der Waals surface area (Å²) in [5.41, 5.74) is -2.03. The van der Waals surface area contributed by atoms with Gasteiger partial charge in [-0.2, -0.15) is 13.2 Å². The minimum atomic E-state index is -4.69. The third kappa shape index (κ3) is 3.15. The Morgan fingerprint density at radius 2 is 1.62 bits per heavy atom. The third-order valence-corrected chi connectivity index (χ3v) is 4.66. The van der Waals surface area contributed by atoms with E-state index in [-0.39, 0.29) is 21.3 Å². The van der Waals surface area contributed by atoms with E-state index in [1.807, 2.05) is 0 Å². The van der Waals surface area contributed by atoms with Gasteiger partial charge in [0.25, 0.3) is 5.60 Å². The highest BCUT2D eigenvalue weighted by Crippen LogP contribution is 2.49. The molecule has 1 aliphatic rings. The quantitative estimate of drug-likeness (QED) is 0.536. The lowest BCUT2D eigenvalue weighted by atomic mass is 9.86. The van der Waals surface area contributed by atoms with Gasteiger partial charge in [-0.15, -0.1) is 0 Å². The average Bonchev–Trinajstić information content (AvgIpc) is 2.93. The first-order valence-corrected chi connectivity index (χ1v) is 8.30. The number of halogens is 6. The van der Waals surface area contributed by atoms with Crippen molar-refractivity contribution in [3.05, 3.63) is 68.1 Å². The summed E-state index contributed by atoms with van der Waals surface area (Å²) in [7, 11) is 0. The topological polar surface area (TPSA) is 21.6 Å². The Balaban J connectivity index is 2.03. The molecule has 1 atom stereocenters. The van der Waals surface area contributed by atoms with Crippen LogP contribution in [-0.2, 0) is 10.4 Å². The summed E-state index contributed by atoms with van der Waals surface area (Å²) in [5.74, 6) is 0. The predicted molar refractivity (Wildman–Crippen MR) is 90.6 cm³/mol. The Bertz CT molecular complexity index is 788. The molecular weight excluding hydrogens is 430 g/mol. The van der Waals surface area contributed by atoms with E-state index in [0.717, 1.165) is 4.47 Å². The predicted octanol–water partition coefficient (Wildman–Crippen LogP) is 6.34. The summed E-state index contributed by atoms with van der Waals surface area (Å²) in [6.07, 6.45) is -5.16. The molecular formula is C16H9BrCl2F3NO. The molecule has 0 aliphatic carbocycles. The fraction of sp³-hybridized carbons (Fsp3) is 0.188. The summed E-state index contributed by atoms with van der Waals surface area (Å²) < 4.78 is 42.3. The molecule has 3 rings (SSSR count). The summed E-state index contributed by atoms with van der Waals surface area (Å²) in [6.45, 7) is 0. The molecule has 0 spiro atoms. The highest BCUT2D eigenvalue weighted by molar-refractivity contribution is 9.10. The number of hydrogen-bond donors (Lipinski definition) is 0. The molecule has 2 aromatic rings. The average molecular weight is 439 g/mol. The van der Waals surface area contributed by atoms with Crippen molar-refractivity contribution in [2.75, 3.05) is 0 Å². The maximum atomic E-state index is 13.8. The molecule has 2 nitrogen and oxygen atoms in total. The second kappa shape index (κ2) is 6.24. The summed E-state index contributed by atoms with van der Waals surface area (Å²) >= 11 is 15.0. The van der Waals surface area contributed by atoms with Crippen LogP contribution in [0, 0.1) is 0 Å². The monoisotopic (exact) mass is 437 g/mol. The lowest BCUT2D eigenvalue weighted by Gasteiger charge is -2.29. The SMILES string of the molecule is FC(F)(F)C1(c2cc(Cl)cc(Cl)c2)CC(c2ccc(Br)cc2)=NO1. The minimum Gasteiger partial charge on any atom is -0.374 e. The van der Waals surface area contributed by atoms with Crippen LogP contribution >= 0.6 is 39.1 Å². The van der Waals surface area contributed by atoms with Crippen LogP contribution < -0.4 is 0 Å². The summed E-state index contributed by atoms with van der Waals surface area (Å²) in [6, 6.07) is 10.5. The minimum absolute atomic E-state index is 0.0989. The van der Waals surface area contributed by atoms with Gasteiger partial charge in [0.1, 0.15) is 0 Å². The van der Waals surface area contributed by atoms with Crippen molar-refractivity contribution in [1.29, 1.82) is 0 Å². The van der Waals surface area contributed by atoms with Crippen molar-refractivity contribution >= 4 is 44.8 Å². The van der Waals surface area contributed by atoms with E-state index in [4.69, 9.17) is 28.0 Å². The number of oxime groups is 1. The van der Waals surface area contributed by atoms with E-state index in [0.29, 0.717) is 5.56 Å². The molecule has 126 valence electrons. The zero-order valence-electron chi connectivity index (χ0n) is 11.9. The van der Waals surface area contributed by atoms with Crippen LogP contribution in [0.3, 0.4) is 0 Å². The highest BCUT2D eigenvalue weighted by atomic mass is 79.9. The first kappa shape index (κ1) is 17.6.